The van der Waals surface area contributed by atoms with Crippen molar-refractivity contribution in [3.63, 3.8) is 0 Å². The molecule has 0 aromatic carbocycles. The average Bonchev–Trinajstić information content (AvgIpc) is 1.79. The van der Waals surface area contributed by atoms with Crippen LogP contribution >= 0.6 is 12.4 Å². The summed E-state index contributed by atoms with van der Waals surface area (Å²) in [6, 6.07) is 0.00347. The molecule has 2 unspecified atom stereocenters. The summed E-state index contributed by atoms with van der Waals surface area (Å²) < 4.78 is 0. The van der Waals surface area contributed by atoms with E-state index in [-0.39, 0.29) is 24.6 Å². The first kappa shape index (κ1) is 11.2. The van der Waals surface area contributed by atoms with Crippen LogP contribution in [0.25, 0.3) is 0 Å². The molecule has 0 aromatic rings. The fourth-order valence-electron chi connectivity index (χ4n) is 1.63. The Bertz CT molecular complexity index is 127. The van der Waals surface area contributed by atoms with Crippen molar-refractivity contribution in [2.45, 2.75) is 45.3 Å². The molecule has 3 N–H and O–H groups in total. The molecule has 1 fully saturated rings. The minimum Gasteiger partial charge on any atom is -0.392 e. The van der Waals surface area contributed by atoms with Gasteiger partial charge >= 0.3 is 0 Å². The highest BCUT2D eigenvalue weighted by atomic mass is 35.5. The van der Waals surface area contributed by atoms with Gasteiger partial charge in [-0.15, -0.1) is 12.4 Å². The van der Waals surface area contributed by atoms with Gasteiger partial charge in [-0.3, -0.25) is 0 Å². The molecule has 0 amide bonds. The zero-order chi connectivity index (χ0) is 7.78. The predicted octanol–water partition coefficient (Wildman–Crippen LogP) is 1.31. The van der Waals surface area contributed by atoms with Gasteiger partial charge < -0.3 is 10.8 Å². The third-order valence-electron chi connectivity index (χ3n) is 2.40. The monoisotopic (exact) mass is 179 g/mol. The fraction of sp³-hybridized carbons (Fsp3) is 1.00. The summed E-state index contributed by atoms with van der Waals surface area (Å²) in [6.07, 6.45) is 2.66. The van der Waals surface area contributed by atoms with E-state index >= 15 is 0 Å². The van der Waals surface area contributed by atoms with E-state index in [1.807, 2.05) is 0 Å². The topological polar surface area (TPSA) is 46.2 Å². The highest BCUT2D eigenvalue weighted by Crippen LogP contribution is 2.34. The first-order valence-corrected chi connectivity index (χ1v) is 3.95. The van der Waals surface area contributed by atoms with Crippen LogP contribution in [0, 0.1) is 5.41 Å². The minimum atomic E-state index is -0.256. The molecule has 0 saturated heterocycles. The van der Waals surface area contributed by atoms with Gasteiger partial charge in [-0.1, -0.05) is 13.8 Å². The Morgan fingerprint density at radius 3 is 2.36 bits per heavy atom. The lowest BCUT2D eigenvalue weighted by Gasteiger charge is -2.36. The number of hydrogen-bond donors (Lipinski definition) is 2. The van der Waals surface area contributed by atoms with Gasteiger partial charge in [-0.05, 0) is 24.7 Å². The van der Waals surface area contributed by atoms with Crippen molar-refractivity contribution in [3.8, 4) is 0 Å². The highest BCUT2D eigenvalue weighted by Gasteiger charge is 2.31. The van der Waals surface area contributed by atoms with Crippen LogP contribution in [0.3, 0.4) is 0 Å². The summed E-state index contributed by atoms with van der Waals surface area (Å²) in [5, 5.41) is 9.28. The van der Waals surface area contributed by atoms with Gasteiger partial charge in [0, 0.05) is 6.04 Å². The Morgan fingerprint density at radius 2 is 2.00 bits per heavy atom. The van der Waals surface area contributed by atoms with E-state index in [1.54, 1.807) is 0 Å². The summed E-state index contributed by atoms with van der Waals surface area (Å²) >= 11 is 0. The minimum absolute atomic E-state index is 0. The van der Waals surface area contributed by atoms with Crippen molar-refractivity contribution in [3.05, 3.63) is 0 Å². The van der Waals surface area contributed by atoms with Gasteiger partial charge in [0.25, 0.3) is 0 Å². The standard InChI is InChI=1S/C8H17NO.ClH/c1-8(2)4-3-7(10)6(9)5-8;/h6-7,10H,3-5,9H2,1-2H3;1H. The Morgan fingerprint density at radius 1 is 1.45 bits per heavy atom. The molecule has 0 aromatic heterocycles. The largest absolute Gasteiger partial charge is 0.392 e. The first-order valence-electron chi connectivity index (χ1n) is 3.95. The van der Waals surface area contributed by atoms with E-state index in [0.717, 1.165) is 19.3 Å². The molecule has 1 saturated carbocycles. The van der Waals surface area contributed by atoms with Crippen LogP contribution in [0.4, 0.5) is 0 Å². The molecule has 0 bridgehead atoms. The second-order valence-corrected chi connectivity index (χ2v) is 4.14. The Kier molecular flexibility index (Phi) is 3.82. The van der Waals surface area contributed by atoms with Crippen LogP contribution in [-0.2, 0) is 0 Å². The number of halogens is 1. The van der Waals surface area contributed by atoms with Crippen LogP contribution in [0.5, 0.6) is 0 Å². The summed E-state index contributed by atoms with van der Waals surface area (Å²) in [5.41, 5.74) is 6.05. The Balaban J connectivity index is 0.000001000. The van der Waals surface area contributed by atoms with Crippen LogP contribution in [0.15, 0.2) is 0 Å². The lowest BCUT2D eigenvalue weighted by atomic mass is 9.74. The zero-order valence-corrected chi connectivity index (χ0v) is 8.03. The van der Waals surface area contributed by atoms with Gasteiger partial charge in [0.1, 0.15) is 0 Å². The van der Waals surface area contributed by atoms with Crippen LogP contribution < -0.4 is 5.73 Å². The van der Waals surface area contributed by atoms with E-state index in [9.17, 15) is 5.11 Å². The van der Waals surface area contributed by atoms with Gasteiger partial charge in [0.05, 0.1) is 6.10 Å². The number of aliphatic hydroxyl groups excluding tert-OH is 1. The van der Waals surface area contributed by atoms with Gasteiger partial charge in [-0.2, -0.15) is 0 Å². The Labute approximate surface area is 74.6 Å². The lowest BCUT2D eigenvalue weighted by molar-refractivity contribution is 0.0591. The predicted molar refractivity (Wildman–Crippen MR) is 48.9 cm³/mol. The summed E-state index contributed by atoms with van der Waals surface area (Å²) in [5.74, 6) is 0. The number of nitrogens with two attached hydrogens (primary N) is 1. The molecule has 0 aliphatic heterocycles. The van der Waals surface area contributed by atoms with Crippen LogP contribution in [-0.4, -0.2) is 17.3 Å². The average molecular weight is 180 g/mol. The van der Waals surface area contributed by atoms with Gasteiger partial charge in [0.15, 0.2) is 0 Å². The molecule has 1 aliphatic carbocycles. The van der Waals surface area contributed by atoms with E-state index in [4.69, 9.17) is 5.73 Å². The lowest BCUT2D eigenvalue weighted by Crippen LogP contribution is -2.43. The molecule has 0 heterocycles. The maximum absolute atomic E-state index is 9.28. The van der Waals surface area contributed by atoms with E-state index in [2.05, 4.69) is 13.8 Å². The molecule has 1 rings (SSSR count). The van der Waals surface area contributed by atoms with Crippen molar-refractivity contribution in [1.82, 2.24) is 0 Å². The van der Waals surface area contributed by atoms with E-state index < -0.39 is 0 Å². The second-order valence-electron chi connectivity index (χ2n) is 4.14. The second kappa shape index (κ2) is 3.74. The zero-order valence-electron chi connectivity index (χ0n) is 7.21. The Hall–Kier alpha value is 0.210. The molecule has 68 valence electrons. The maximum Gasteiger partial charge on any atom is 0.0691 e. The highest BCUT2D eigenvalue weighted by molar-refractivity contribution is 5.85. The molecule has 1 aliphatic rings. The molecular weight excluding hydrogens is 162 g/mol. The van der Waals surface area contributed by atoms with Crippen molar-refractivity contribution >= 4 is 12.4 Å². The van der Waals surface area contributed by atoms with Gasteiger partial charge in [-0.25, -0.2) is 0 Å². The van der Waals surface area contributed by atoms with E-state index in [0.29, 0.717) is 5.41 Å². The first-order chi connectivity index (χ1) is 4.51. The molecule has 3 heteroatoms. The normalized spacial score (nSPS) is 36.0. The summed E-state index contributed by atoms with van der Waals surface area (Å²) in [7, 11) is 0. The van der Waals surface area contributed by atoms with Crippen LogP contribution in [0.2, 0.25) is 0 Å². The third-order valence-corrected chi connectivity index (χ3v) is 2.40. The molecule has 11 heavy (non-hydrogen) atoms. The third kappa shape index (κ3) is 2.97. The van der Waals surface area contributed by atoms with Gasteiger partial charge in [0.2, 0.25) is 0 Å². The molecule has 2 atom stereocenters. The number of rotatable bonds is 0. The van der Waals surface area contributed by atoms with E-state index in [1.165, 1.54) is 0 Å². The number of hydrogen-bond acceptors (Lipinski definition) is 2. The smallest absolute Gasteiger partial charge is 0.0691 e. The molecule has 0 spiro atoms. The maximum atomic E-state index is 9.28. The quantitative estimate of drug-likeness (QED) is 0.589. The molecular formula is C8H18ClNO. The molecule has 0 radical (unpaired) electrons. The van der Waals surface area contributed by atoms with Crippen molar-refractivity contribution in [1.29, 1.82) is 0 Å². The van der Waals surface area contributed by atoms with Crippen molar-refractivity contribution in [2.24, 2.45) is 11.1 Å². The van der Waals surface area contributed by atoms with Crippen molar-refractivity contribution < 1.29 is 5.11 Å². The SMILES string of the molecule is CC1(C)CCC(O)C(N)C1.Cl. The summed E-state index contributed by atoms with van der Waals surface area (Å²) in [4.78, 5) is 0. The fourth-order valence-corrected chi connectivity index (χ4v) is 1.63. The summed E-state index contributed by atoms with van der Waals surface area (Å²) in [6.45, 7) is 4.41. The molecule has 2 nitrogen and oxygen atoms in total. The van der Waals surface area contributed by atoms with Crippen molar-refractivity contribution in [2.75, 3.05) is 0 Å². The van der Waals surface area contributed by atoms with Crippen LogP contribution in [0.1, 0.15) is 33.1 Å². The number of aliphatic hydroxyl groups is 1.